The maximum absolute atomic E-state index is 6.15. The lowest BCUT2D eigenvalue weighted by molar-refractivity contribution is 0.370. The van der Waals surface area contributed by atoms with E-state index in [1.54, 1.807) is 7.11 Å². The van der Waals surface area contributed by atoms with Crippen molar-refractivity contribution >= 4 is 11.6 Å². The fourth-order valence-electron chi connectivity index (χ4n) is 3.12. The Morgan fingerprint density at radius 2 is 2.11 bits per heavy atom. The third kappa shape index (κ3) is 3.87. The van der Waals surface area contributed by atoms with E-state index in [9.17, 15) is 0 Å². The lowest BCUT2D eigenvalue weighted by Crippen LogP contribution is -2.23. The van der Waals surface area contributed by atoms with Gasteiger partial charge in [0.05, 0.1) is 7.11 Å². The number of methoxy groups -OCH3 is 1. The van der Waals surface area contributed by atoms with Crippen LogP contribution in [0.3, 0.4) is 0 Å². The maximum atomic E-state index is 6.15. The fraction of sp³-hybridized carbons (Fsp3) is 0.625. The molecule has 0 spiro atoms. The van der Waals surface area contributed by atoms with Gasteiger partial charge in [0.1, 0.15) is 5.75 Å². The summed E-state index contributed by atoms with van der Waals surface area (Å²) in [5, 5.41) is 4.37. The molecule has 0 radical (unpaired) electrons. The summed E-state index contributed by atoms with van der Waals surface area (Å²) in [4.78, 5) is 0. The van der Waals surface area contributed by atoms with Crippen LogP contribution in [-0.2, 0) is 0 Å². The third-order valence-corrected chi connectivity index (χ3v) is 4.30. The third-order valence-electron chi connectivity index (χ3n) is 4.06. The standard InChI is InChI=1S/C16H24ClNO/c1-3-18-15(10-12-6-4-5-7-12)14-11-13(17)8-9-16(14)19-2/h8-9,11-12,15,18H,3-7,10H2,1-2H3. The number of nitrogens with one attached hydrogen (secondary N) is 1. The van der Waals surface area contributed by atoms with Gasteiger partial charge in [-0.2, -0.15) is 0 Å². The van der Waals surface area contributed by atoms with Crippen LogP contribution in [0.4, 0.5) is 0 Å². The van der Waals surface area contributed by atoms with E-state index in [-0.39, 0.29) is 0 Å². The number of halogens is 1. The normalized spacial score (nSPS) is 17.6. The molecule has 3 heteroatoms. The van der Waals surface area contributed by atoms with Crippen molar-refractivity contribution in [3.8, 4) is 5.75 Å². The van der Waals surface area contributed by atoms with Crippen molar-refractivity contribution in [1.29, 1.82) is 0 Å². The van der Waals surface area contributed by atoms with Gasteiger partial charge in [0, 0.05) is 16.6 Å². The molecule has 0 heterocycles. The first-order chi connectivity index (χ1) is 9.24. The Morgan fingerprint density at radius 3 is 2.74 bits per heavy atom. The van der Waals surface area contributed by atoms with Gasteiger partial charge in [0.2, 0.25) is 0 Å². The molecule has 19 heavy (non-hydrogen) atoms. The lowest BCUT2D eigenvalue weighted by Gasteiger charge is -2.24. The van der Waals surface area contributed by atoms with E-state index < -0.39 is 0 Å². The van der Waals surface area contributed by atoms with Crippen LogP contribution < -0.4 is 10.1 Å². The van der Waals surface area contributed by atoms with Crippen LogP contribution in [-0.4, -0.2) is 13.7 Å². The van der Waals surface area contributed by atoms with Crippen molar-refractivity contribution in [3.63, 3.8) is 0 Å². The van der Waals surface area contributed by atoms with Crippen molar-refractivity contribution < 1.29 is 4.74 Å². The summed E-state index contributed by atoms with van der Waals surface area (Å²) in [5.74, 6) is 1.78. The van der Waals surface area contributed by atoms with E-state index >= 15 is 0 Å². The molecule has 2 nitrogen and oxygen atoms in total. The summed E-state index contributed by atoms with van der Waals surface area (Å²) in [6.45, 7) is 3.12. The van der Waals surface area contributed by atoms with Crippen molar-refractivity contribution in [2.45, 2.75) is 45.1 Å². The van der Waals surface area contributed by atoms with Crippen molar-refractivity contribution in [2.75, 3.05) is 13.7 Å². The minimum atomic E-state index is 0.349. The molecule has 1 aromatic rings. The van der Waals surface area contributed by atoms with E-state index in [0.29, 0.717) is 6.04 Å². The Morgan fingerprint density at radius 1 is 1.37 bits per heavy atom. The van der Waals surface area contributed by atoms with Gasteiger partial charge in [0.15, 0.2) is 0 Å². The topological polar surface area (TPSA) is 21.3 Å². The SMILES string of the molecule is CCNC(CC1CCCC1)c1cc(Cl)ccc1OC. The molecular weight excluding hydrogens is 258 g/mol. The molecule has 0 bridgehead atoms. The molecule has 1 atom stereocenters. The quantitative estimate of drug-likeness (QED) is 0.824. The van der Waals surface area contributed by atoms with Crippen LogP contribution in [0, 0.1) is 5.92 Å². The summed E-state index contributed by atoms with van der Waals surface area (Å²) in [6.07, 6.45) is 6.69. The highest BCUT2D eigenvalue weighted by atomic mass is 35.5. The number of rotatable bonds is 6. The van der Waals surface area contributed by atoms with Gasteiger partial charge in [-0.3, -0.25) is 0 Å². The number of ether oxygens (including phenoxy) is 1. The zero-order chi connectivity index (χ0) is 13.7. The molecule has 106 valence electrons. The van der Waals surface area contributed by atoms with E-state index in [2.05, 4.69) is 12.2 Å². The summed E-state index contributed by atoms with van der Waals surface area (Å²) in [5.41, 5.74) is 1.20. The highest BCUT2D eigenvalue weighted by Crippen LogP contribution is 2.36. The van der Waals surface area contributed by atoms with Crippen LogP contribution in [0.2, 0.25) is 5.02 Å². The van der Waals surface area contributed by atoms with Crippen LogP contribution in [0.15, 0.2) is 18.2 Å². The second-order valence-electron chi connectivity index (χ2n) is 5.38. The molecule has 1 aromatic carbocycles. The van der Waals surface area contributed by atoms with E-state index in [1.807, 2.05) is 18.2 Å². The van der Waals surface area contributed by atoms with E-state index in [1.165, 1.54) is 37.7 Å². The van der Waals surface area contributed by atoms with Gasteiger partial charge in [-0.1, -0.05) is 44.2 Å². The zero-order valence-electron chi connectivity index (χ0n) is 11.9. The lowest BCUT2D eigenvalue weighted by atomic mass is 9.93. The molecule has 0 aromatic heterocycles. The van der Waals surface area contributed by atoms with Gasteiger partial charge < -0.3 is 10.1 Å². The minimum absolute atomic E-state index is 0.349. The molecule has 0 saturated heterocycles. The van der Waals surface area contributed by atoms with E-state index in [4.69, 9.17) is 16.3 Å². The first kappa shape index (κ1) is 14.7. The first-order valence-electron chi connectivity index (χ1n) is 7.31. The van der Waals surface area contributed by atoms with Gasteiger partial charge >= 0.3 is 0 Å². The molecule has 0 aliphatic heterocycles. The zero-order valence-corrected chi connectivity index (χ0v) is 12.7. The van der Waals surface area contributed by atoms with Crippen LogP contribution in [0.1, 0.15) is 50.6 Å². The summed E-state index contributed by atoms with van der Waals surface area (Å²) in [6, 6.07) is 6.25. The Labute approximate surface area is 121 Å². The highest BCUT2D eigenvalue weighted by molar-refractivity contribution is 6.30. The van der Waals surface area contributed by atoms with Gasteiger partial charge in [-0.05, 0) is 37.1 Å². The number of hydrogen-bond donors (Lipinski definition) is 1. The van der Waals surface area contributed by atoms with Crippen molar-refractivity contribution in [3.05, 3.63) is 28.8 Å². The van der Waals surface area contributed by atoms with Gasteiger partial charge in [-0.15, -0.1) is 0 Å². The number of hydrogen-bond acceptors (Lipinski definition) is 2. The average molecular weight is 282 g/mol. The second kappa shape index (κ2) is 7.16. The summed E-state index contributed by atoms with van der Waals surface area (Å²) in [7, 11) is 1.73. The van der Waals surface area contributed by atoms with Gasteiger partial charge in [-0.25, -0.2) is 0 Å². The number of benzene rings is 1. The highest BCUT2D eigenvalue weighted by Gasteiger charge is 2.23. The van der Waals surface area contributed by atoms with Crippen molar-refractivity contribution in [1.82, 2.24) is 5.32 Å². The minimum Gasteiger partial charge on any atom is -0.496 e. The predicted molar refractivity (Wildman–Crippen MR) is 81.0 cm³/mol. The smallest absolute Gasteiger partial charge is 0.123 e. The average Bonchev–Trinajstić information content (AvgIpc) is 2.91. The molecule has 1 fully saturated rings. The second-order valence-corrected chi connectivity index (χ2v) is 5.82. The summed E-state index contributed by atoms with van der Waals surface area (Å²) < 4.78 is 5.49. The Balaban J connectivity index is 2.18. The molecule has 0 amide bonds. The van der Waals surface area contributed by atoms with E-state index in [0.717, 1.165) is 23.2 Å². The first-order valence-corrected chi connectivity index (χ1v) is 7.69. The van der Waals surface area contributed by atoms with Crippen LogP contribution >= 0.6 is 11.6 Å². The molecule has 1 aliphatic carbocycles. The predicted octanol–water partition coefficient (Wildman–Crippen LogP) is 4.58. The molecule has 1 N–H and O–H groups in total. The maximum Gasteiger partial charge on any atom is 0.123 e. The molecule has 1 aliphatic rings. The Hall–Kier alpha value is -0.730. The Kier molecular flexibility index (Phi) is 5.53. The fourth-order valence-corrected chi connectivity index (χ4v) is 3.30. The van der Waals surface area contributed by atoms with Crippen LogP contribution in [0.25, 0.3) is 0 Å². The molecule has 2 rings (SSSR count). The molecular formula is C16H24ClNO. The summed E-state index contributed by atoms with van der Waals surface area (Å²) >= 11 is 6.15. The monoisotopic (exact) mass is 281 g/mol. The molecule has 1 unspecified atom stereocenters. The van der Waals surface area contributed by atoms with Gasteiger partial charge in [0.25, 0.3) is 0 Å². The molecule has 1 saturated carbocycles. The largest absolute Gasteiger partial charge is 0.496 e. The van der Waals surface area contributed by atoms with Crippen molar-refractivity contribution in [2.24, 2.45) is 5.92 Å². The Bertz CT molecular complexity index is 402. The van der Waals surface area contributed by atoms with Crippen LogP contribution in [0.5, 0.6) is 5.75 Å².